The van der Waals surface area contributed by atoms with Gasteiger partial charge in [-0.25, -0.2) is 4.98 Å². The zero-order valence-corrected chi connectivity index (χ0v) is 17.8. The van der Waals surface area contributed by atoms with E-state index in [1.165, 1.54) is 0 Å². The summed E-state index contributed by atoms with van der Waals surface area (Å²) in [5.74, 6) is 1.92. The molecule has 1 atom stereocenters. The molecular weight excluding hydrogens is 400 g/mol. The number of fused-ring (bicyclic) bond motifs is 1. The first-order chi connectivity index (χ1) is 14.5. The van der Waals surface area contributed by atoms with Crippen molar-refractivity contribution in [3.8, 4) is 11.6 Å². The van der Waals surface area contributed by atoms with E-state index in [1.54, 1.807) is 29.2 Å². The van der Waals surface area contributed by atoms with E-state index in [0.29, 0.717) is 29.8 Å². The number of hydrogen-bond acceptors (Lipinski definition) is 7. The van der Waals surface area contributed by atoms with Crippen LogP contribution < -0.4 is 10.1 Å². The maximum absolute atomic E-state index is 12.1. The van der Waals surface area contributed by atoms with Gasteiger partial charge in [0.15, 0.2) is 5.65 Å². The van der Waals surface area contributed by atoms with Gasteiger partial charge in [0.25, 0.3) is 0 Å². The molecule has 1 N–H and O–H groups in total. The highest BCUT2D eigenvalue weighted by molar-refractivity contribution is 7.90. The normalized spacial score (nSPS) is 12.3. The summed E-state index contributed by atoms with van der Waals surface area (Å²) >= 11 is -1.32. The van der Waals surface area contributed by atoms with Crippen LogP contribution >= 0.6 is 0 Å². The van der Waals surface area contributed by atoms with Gasteiger partial charge in [-0.1, -0.05) is 38.1 Å². The molecule has 0 aliphatic heterocycles. The van der Waals surface area contributed by atoms with E-state index in [4.69, 9.17) is 4.74 Å². The van der Waals surface area contributed by atoms with E-state index in [-0.39, 0.29) is 11.1 Å². The molecule has 0 fully saturated rings. The van der Waals surface area contributed by atoms with Gasteiger partial charge >= 0.3 is 5.16 Å². The van der Waals surface area contributed by atoms with Crippen LogP contribution in [-0.2, 0) is 17.7 Å². The van der Waals surface area contributed by atoms with Crippen molar-refractivity contribution in [2.75, 3.05) is 11.6 Å². The molecule has 0 spiro atoms. The quantitative estimate of drug-likeness (QED) is 0.452. The average Bonchev–Trinajstić information content (AvgIpc) is 3.18. The first kappa shape index (κ1) is 20.1. The minimum absolute atomic E-state index is 0.232. The number of nitrogens with zero attached hydrogens (tertiary/aromatic N) is 5. The largest absolute Gasteiger partial charge is 0.609 e. The molecule has 154 valence electrons. The Morgan fingerprint density at radius 3 is 2.67 bits per heavy atom. The van der Waals surface area contributed by atoms with Crippen LogP contribution in [0.25, 0.3) is 5.65 Å². The standard InChI is InChI=1S/C21H22N6O2S/c1-14(2)16-13-24-27-19(16)25-21(30(3)28)26-20(27)23-12-15-8-4-5-9-17(15)29-18-10-6-7-11-22-18/h4-11,13-14H,12H2,1-3H3,(H,23,25,26). The SMILES string of the molecule is CC(C)c1cnn2c(NCc3ccccc3Oc3ccccn3)nc([S+](C)[O-])nc12. The van der Waals surface area contributed by atoms with Crippen LogP contribution in [0.1, 0.15) is 30.9 Å². The fourth-order valence-corrected chi connectivity index (χ4v) is 3.40. The van der Waals surface area contributed by atoms with E-state index in [9.17, 15) is 4.55 Å². The summed E-state index contributed by atoms with van der Waals surface area (Å²) in [5, 5.41) is 7.99. The van der Waals surface area contributed by atoms with Crippen molar-refractivity contribution in [1.29, 1.82) is 0 Å². The highest BCUT2D eigenvalue weighted by atomic mass is 32.2. The van der Waals surface area contributed by atoms with Gasteiger partial charge in [-0.2, -0.15) is 14.6 Å². The molecule has 9 heteroatoms. The minimum atomic E-state index is -1.32. The molecule has 3 aromatic heterocycles. The van der Waals surface area contributed by atoms with Crippen LogP contribution in [0.3, 0.4) is 0 Å². The molecule has 0 saturated carbocycles. The van der Waals surface area contributed by atoms with Gasteiger partial charge in [0, 0.05) is 41.1 Å². The van der Waals surface area contributed by atoms with E-state index in [0.717, 1.165) is 11.1 Å². The number of pyridine rings is 1. The Bertz CT molecular complexity index is 1150. The molecule has 0 bridgehead atoms. The number of hydrogen-bond donors (Lipinski definition) is 1. The summed E-state index contributed by atoms with van der Waals surface area (Å²) in [7, 11) is 0. The molecule has 8 nitrogen and oxygen atoms in total. The molecule has 30 heavy (non-hydrogen) atoms. The molecule has 1 unspecified atom stereocenters. The number of aromatic nitrogens is 5. The number of anilines is 1. The fraction of sp³-hybridized carbons (Fsp3) is 0.238. The predicted molar refractivity (Wildman–Crippen MR) is 115 cm³/mol. The number of benzene rings is 1. The fourth-order valence-electron chi connectivity index (χ4n) is 2.97. The summed E-state index contributed by atoms with van der Waals surface area (Å²) in [6.07, 6.45) is 5.03. The molecule has 0 saturated heterocycles. The van der Waals surface area contributed by atoms with Crippen LogP contribution in [0.4, 0.5) is 5.95 Å². The highest BCUT2D eigenvalue weighted by Crippen LogP contribution is 2.26. The predicted octanol–water partition coefficient (Wildman–Crippen LogP) is 3.78. The van der Waals surface area contributed by atoms with E-state index < -0.39 is 11.2 Å². The van der Waals surface area contributed by atoms with Crippen molar-refractivity contribution in [1.82, 2.24) is 24.6 Å². The van der Waals surface area contributed by atoms with Gasteiger partial charge in [-0.15, -0.1) is 4.98 Å². The van der Waals surface area contributed by atoms with Crippen LogP contribution in [-0.4, -0.2) is 35.4 Å². The second-order valence-electron chi connectivity index (χ2n) is 7.01. The Hall–Kier alpha value is -3.17. The lowest BCUT2D eigenvalue weighted by Gasteiger charge is -2.13. The van der Waals surface area contributed by atoms with Gasteiger partial charge in [-0.3, -0.25) is 0 Å². The van der Waals surface area contributed by atoms with Crippen molar-refractivity contribution in [3.05, 3.63) is 66.0 Å². The second kappa shape index (κ2) is 8.68. The third-order valence-electron chi connectivity index (χ3n) is 4.52. The lowest BCUT2D eigenvalue weighted by atomic mass is 10.1. The van der Waals surface area contributed by atoms with Crippen molar-refractivity contribution in [2.45, 2.75) is 31.5 Å². The summed E-state index contributed by atoms with van der Waals surface area (Å²) in [4.78, 5) is 13.1. The Balaban J connectivity index is 1.64. The molecule has 1 aromatic carbocycles. The van der Waals surface area contributed by atoms with Gasteiger partial charge in [-0.05, 0) is 18.1 Å². The maximum atomic E-state index is 12.1. The lowest BCUT2D eigenvalue weighted by molar-refractivity contribution is 0.458. The number of rotatable bonds is 7. The molecule has 4 rings (SSSR count). The topological polar surface area (TPSA) is 100 Å². The maximum Gasteiger partial charge on any atom is 0.347 e. The Morgan fingerprint density at radius 1 is 1.13 bits per heavy atom. The Morgan fingerprint density at radius 2 is 1.93 bits per heavy atom. The zero-order chi connectivity index (χ0) is 21.1. The van der Waals surface area contributed by atoms with Crippen molar-refractivity contribution < 1.29 is 9.29 Å². The Labute approximate surface area is 177 Å². The zero-order valence-electron chi connectivity index (χ0n) is 16.9. The highest BCUT2D eigenvalue weighted by Gasteiger charge is 2.19. The molecule has 4 aromatic rings. The molecule has 0 radical (unpaired) electrons. The van der Waals surface area contributed by atoms with Crippen molar-refractivity contribution in [2.24, 2.45) is 0 Å². The third-order valence-corrected chi connectivity index (χ3v) is 5.21. The van der Waals surface area contributed by atoms with E-state index in [2.05, 4.69) is 39.2 Å². The Kier molecular flexibility index (Phi) is 5.82. The van der Waals surface area contributed by atoms with Gasteiger partial charge in [0.1, 0.15) is 12.0 Å². The van der Waals surface area contributed by atoms with Gasteiger partial charge < -0.3 is 14.6 Å². The first-order valence-electron chi connectivity index (χ1n) is 9.52. The summed E-state index contributed by atoms with van der Waals surface area (Å²) in [6.45, 7) is 4.57. The van der Waals surface area contributed by atoms with Crippen LogP contribution in [0.2, 0.25) is 0 Å². The summed E-state index contributed by atoms with van der Waals surface area (Å²) in [6, 6.07) is 13.2. The lowest BCUT2D eigenvalue weighted by Crippen LogP contribution is -2.14. The monoisotopic (exact) mass is 422 g/mol. The van der Waals surface area contributed by atoms with Gasteiger partial charge in [0.2, 0.25) is 11.8 Å². The van der Waals surface area contributed by atoms with E-state index >= 15 is 0 Å². The number of ether oxygens (including phenoxy) is 1. The van der Waals surface area contributed by atoms with E-state index in [1.807, 2.05) is 36.4 Å². The first-order valence-corrected chi connectivity index (χ1v) is 11.1. The smallest absolute Gasteiger partial charge is 0.347 e. The van der Waals surface area contributed by atoms with Crippen molar-refractivity contribution in [3.63, 3.8) is 0 Å². The average molecular weight is 423 g/mol. The second-order valence-corrected chi connectivity index (χ2v) is 8.28. The van der Waals surface area contributed by atoms with Crippen molar-refractivity contribution >= 4 is 22.8 Å². The number of para-hydroxylation sites is 1. The molecule has 0 amide bonds. The minimum Gasteiger partial charge on any atom is -0.609 e. The summed E-state index contributed by atoms with van der Waals surface area (Å²) in [5.41, 5.74) is 2.56. The molecule has 0 aliphatic rings. The van der Waals surface area contributed by atoms with Gasteiger partial charge in [0.05, 0.1) is 6.20 Å². The van der Waals surface area contributed by atoms with Crippen LogP contribution in [0, 0.1) is 0 Å². The summed E-state index contributed by atoms with van der Waals surface area (Å²) < 4.78 is 19.7. The number of nitrogens with one attached hydrogen (secondary N) is 1. The third kappa shape index (κ3) is 4.22. The molecule has 0 aliphatic carbocycles. The van der Waals surface area contributed by atoms with Crippen LogP contribution in [0.15, 0.2) is 60.0 Å². The molecule has 3 heterocycles. The molecular formula is C21H22N6O2S. The van der Waals surface area contributed by atoms with Crippen LogP contribution in [0.5, 0.6) is 11.6 Å².